The zero-order chi connectivity index (χ0) is 24.9. The van der Waals surface area contributed by atoms with Crippen molar-refractivity contribution in [2.45, 2.75) is 58.8 Å². The van der Waals surface area contributed by atoms with E-state index in [4.69, 9.17) is 9.84 Å². The number of hydrogen-bond acceptors (Lipinski definition) is 9. The fraction of sp³-hybridized carbons (Fsp3) is 0.565. The van der Waals surface area contributed by atoms with Crippen LogP contribution < -0.4 is 10.2 Å². The van der Waals surface area contributed by atoms with Crippen molar-refractivity contribution in [3.63, 3.8) is 0 Å². The van der Waals surface area contributed by atoms with E-state index in [-0.39, 0.29) is 99.3 Å². The maximum Gasteiger partial charge on any atom is 2.00 e. The van der Waals surface area contributed by atoms with Crippen LogP contribution in [0.5, 0.6) is 0 Å². The number of carboxylic acid groups (broad SMARTS) is 1. The first-order chi connectivity index (χ1) is 15.5. The molecule has 11 heteroatoms. The monoisotopic (exact) mass is 502 g/mol. The Hall–Kier alpha value is -2.04. The number of aliphatic carboxylic acids is 1. The SMILES string of the molecule is CCC([O-])=C1C(=O)CC(C(=O)O)CC1=O.CCOC(=O)C1CC(=O)C(=C([O-])C2CC2)C(=O)C1.[Ca+2]. The van der Waals surface area contributed by atoms with Crippen molar-refractivity contribution in [3.8, 4) is 0 Å². The number of ketones is 4. The second-order valence-electron chi connectivity index (χ2n) is 8.16. The fourth-order valence-electron chi connectivity index (χ4n) is 3.67. The van der Waals surface area contributed by atoms with Gasteiger partial charge in [-0.15, -0.1) is 11.5 Å². The molecule has 0 aromatic heterocycles. The number of rotatable bonds is 5. The van der Waals surface area contributed by atoms with Crippen molar-refractivity contribution >= 4 is 72.8 Å². The molecule has 3 fully saturated rings. The molecule has 3 rings (SSSR count). The summed E-state index contributed by atoms with van der Waals surface area (Å²) in [4.78, 5) is 68.5. The van der Waals surface area contributed by atoms with Gasteiger partial charge in [0.05, 0.1) is 18.4 Å². The van der Waals surface area contributed by atoms with Crippen LogP contribution in [0.15, 0.2) is 22.7 Å². The molecule has 0 spiro atoms. The van der Waals surface area contributed by atoms with Crippen LogP contribution in [0.2, 0.25) is 0 Å². The van der Waals surface area contributed by atoms with Gasteiger partial charge < -0.3 is 20.1 Å². The van der Waals surface area contributed by atoms with Crippen LogP contribution in [0.3, 0.4) is 0 Å². The Morgan fingerprint density at radius 1 is 0.824 bits per heavy atom. The molecule has 3 aliphatic rings. The summed E-state index contributed by atoms with van der Waals surface area (Å²) in [5.74, 6) is -6.62. The number of ether oxygens (including phenoxy) is 1. The predicted molar refractivity (Wildman–Crippen MR) is 113 cm³/mol. The molecule has 34 heavy (non-hydrogen) atoms. The maximum absolute atomic E-state index is 11.8. The zero-order valence-electron chi connectivity index (χ0n) is 19.2. The fourth-order valence-corrected chi connectivity index (χ4v) is 3.67. The summed E-state index contributed by atoms with van der Waals surface area (Å²) in [5.41, 5.74) is -0.520. The molecular weight excluding hydrogens is 476 g/mol. The number of Topliss-reactive ketones (excluding diaryl/α,β-unsaturated/α-hetero) is 4. The standard InChI is InChI=1S/C13H16O5.C10H12O5.Ca/c1-2-18-13(17)8-5-9(14)11(10(15)6-8)12(16)7-3-4-7;1-2-6(11)9-7(12)3-5(10(14)15)4-8(9)13;/h7-8,16H,2-6H2,1H3;5,11H,2-4H2,1H3,(H,14,15);/q;;+2/p-2. The van der Waals surface area contributed by atoms with Gasteiger partial charge in [-0.05, 0) is 32.1 Å². The molecular formula is C23H26CaO10. The number of hydrogen-bond donors (Lipinski definition) is 1. The third kappa shape index (κ3) is 7.48. The zero-order valence-corrected chi connectivity index (χ0v) is 21.4. The molecule has 0 bridgehead atoms. The average molecular weight is 503 g/mol. The summed E-state index contributed by atoms with van der Waals surface area (Å²) >= 11 is 0. The van der Waals surface area contributed by atoms with Crippen LogP contribution in [0.4, 0.5) is 0 Å². The van der Waals surface area contributed by atoms with Gasteiger partial charge in [0.25, 0.3) is 0 Å². The molecule has 0 unspecified atom stereocenters. The third-order valence-corrected chi connectivity index (χ3v) is 5.61. The molecule has 0 aromatic carbocycles. The van der Waals surface area contributed by atoms with E-state index in [9.17, 15) is 39.0 Å². The van der Waals surface area contributed by atoms with Gasteiger partial charge in [0.1, 0.15) is 0 Å². The van der Waals surface area contributed by atoms with E-state index in [1.54, 1.807) is 13.8 Å². The summed E-state index contributed by atoms with van der Waals surface area (Å²) in [7, 11) is 0. The summed E-state index contributed by atoms with van der Waals surface area (Å²) in [6.07, 6.45) is 0.931. The smallest absolute Gasteiger partial charge is 0.875 e. The molecule has 3 aliphatic carbocycles. The molecule has 0 atom stereocenters. The van der Waals surface area contributed by atoms with Crippen LogP contribution in [0.1, 0.15) is 58.8 Å². The van der Waals surface area contributed by atoms with E-state index in [1.807, 2.05) is 0 Å². The second-order valence-corrected chi connectivity index (χ2v) is 8.16. The summed E-state index contributed by atoms with van der Waals surface area (Å²) in [5, 5.41) is 31.7. The van der Waals surface area contributed by atoms with Crippen molar-refractivity contribution < 1.29 is 48.8 Å². The van der Waals surface area contributed by atoms with Gasteiger partial charge in [-0.2, -0.15) is 0 Å². The van der Waals surface area contributed by atoms with Gasteiger partial charge >= 0.3 is 49.7 Å². The van der Waals surface area contributed by atoms with Gasteiger partial charge in [0.2, 0.25) is 0 Å². The molecule has 0 radical (unpaired) electrons. The normalized spacial score (nSPS) is 22.3. The summed E-state index contributed by atoms with van der Waals surface area (Å²) in [6.45, 7) is 3.44. The first-order valence-corrected chi connectivity index (χ1v) is 10.8. The molecule has 180 valence electrons. The van der Waals surface area contributed by atoms with E-state index in [2.05, 4.69) is 0 Å². The number of esters is 1. The van der Waals surface area contributed by atoms with Crippen molar-refractivity contribution in [3.05, 3.63) is 22.7 Å². The van der Waals surface area contributed by atoms with Crippen LogP contribution in [0, 0.1) is 17.8 Å². The molecule has 10 nitrogen and oxygen atoms in total. The van der Waals surface area contributed by atoms with E-state index < -0.39 is 52.7 Å². The topological polar surface area (TPSA) is 178 Å². The molecule has 1 N–H and O–H groups in total. The van der Waals surface area contributed by atoms with Crippen molar-refractivity contribution in [1.29, 1.82) is 0 Å². The number of carboxylic acids is 1. The Morgan fingerprint density at radius 3 is 1.65 bits per heavy atom. The quantitative estimate of drug-likeness (QED) is 0.167. The van der Waals surface area contributed by atoms with E-state index in [1.165, 1.54) is 0 Å². The Morgan fingerprint density at radius 2 is 1.26 bits per heavy atom. The average Bonchev–Trinajstić information content (AvgIpc) is 3.58. The van der Waals surface area contributed by atoms with E-state index in [0.717, 1.165) is 12.8 Å². The Bertz CT molecular complexity index is 901. The first-order valence-electron chi connectivity index (χ1n) is 10.8. The number of carbonyl (C=O) groups is 6. The minimum Gasteiger partial charge on any atom is -0.875 e. The van der Waals surface area contributed by atoms with Crippen LogP contribution in [-0.4, -0.2) is 84.5 Å². The third-order valence-electron chi connectivity index (χ3n) is 5.61. The van der Waals surface area contributed by atoms with Gasteiger partial charge in [-0.3, -0.25) is 28.8 Å². The van der Waals surface area contributed by atoms with Crippen molar-refractivity contribution in [2.75, 3.05) is 6.61 Å². The molecule has 3 saturated carbocycles. The first kappa shape index (κ1) is 30.0. The molecule has 0 saturated heterocycles. The minimum absolute atomic E-state index is 0. The number of allylic oxidation sites excluding steroid dienone is 4. The summed E-state index contributed by atoms with van der Waals surface area (Å²) < 4.78 is 4.80. The van der Waals surface area contributed by atoms with Gasteiger partial charge in [-0.25, -0.2) is 0 Å². The molecule has 0 amide bonds. The largest absolute Gasteiger partial charge is 2.00 e. The molecule has 0 aromatic rings. The molecule has 0 heterocycles. The van der Waals surface area contributed by atoms with E-state index >= 15 is 0 Å². The van der Waals surface area contributed by atoms with Gasteiger partial charge in [0.15, 0.2) is 23.1 Å². The Labute approximate surface area is 226 Å². The summed E-state index contributed by atoms with van der Waals surface area (Å²) in [6, 6.07) is 0. The number of carbonyl (C=O) groups excluding carboxylic acids is 5. The maximum atomic E-state index is 11.8. The van der Waals surface area contributed by atoms with Crippen LogP contribution >= 0.6 is 0 Å². The van der Waals surface area contributed by atoms with Crippen LogP contribution in [-0.2, 0) is 33.5 Å². The van der Waals surface area contributed by atoms with Gasteiger partial charge in [-0.1, -0.05) is 6.92 Å². The minimum atomic E-state index is -1.17. The molecule has 0 aliphatic heterocycles. The predicted octanol–water partition coefficient (Wildman–Crippen LogP) is -0.615. The van der Waals surface area contributed by atoms with Gasteiger partial charge in [0, 0.05) is 36.8 Å². The van der Waals surface area contributed by atoms with Crippen molar-refractivity contribution in [2.24, 2.45) is 17.8 Å². The van der Waals surface area contributed by atoms with Crippen molar-refractivity contribution in [1.82, 2.24) is 0 Å². The second kappa shape index (κ2) is 13.2. The van der Waals surface area contributed by atoms with E-state index in [0.29, 0.717) is 0 Å². The van der Waals surface area contributed by atoms with Crippen LogP contribution in [0.25, 0.3) is 0 Å². The Balaban J connectivity index is 0.000000336. The Kier molecular flexibility index (Phi) is 11.6.